The van der Waals surface area contributed by atoms with Crippen LogP contribution in [0.4, 0.5) is 0 Å². The number of aromatic nitrogens is 2. The number of aryl methyl sites for hydroxylation is 3. The molecule has 0 aliphatic rings. The van der Waals surface area contributed by atoms with Gasteiger partial charge in [-0.2, -0.15) is 0 Å². The Labute approximate surface area is 106 Å². The summed E-state index contributed by atoms with van der Waals surface area (Å²) < 4.78 is 0. The maximum Gasteiger partial charge on any atom is 0.303 e. The van der Waals surface area contributed by atoms with E-state index < -0.39 is 5.97 Å². The number of imidazole rings is 1. The quantitative estimate of drug-likeness (QED) is 0.869. The maximum atomic E-state index is 10.5. The van der Waals surface area contributed by atoms with Crippen LogP contribution in [0.25, 0.3) is 11.3 Å². The molecule has 2 N–H and O–H groups in total. The molecule has 0 unspecified atom stereocenters. The number of H-pyrrole nitrogens is 1. The number of aromatic amines is 1. The third kappa shape index (κ3) is 2.77. The molecule has 2 rings (SSSR count). The van der Waals surface area contributed by atoms with Crippen molar-refractivity contribution < 1.29 is 9.90 Å². The van der Waals surface area contributed by atoms with E-state index in [-0.39, 0.29) is 6.42 Å². The van der Waals surface area contributed by atoms with Crippen molar-refractivity contribution in [3.63, 3.8) is 0 Å². The summed E-state index contributed by atoms with van der Waals surface area (Å²) in [6.45, 7) is 3.99. The summed E-state index contributed by atoms with van der Waals surface area (Å²) in [5.74, 6) is -0.0763. The lowest BCUT2D eigenvalue weighted by molar-refractivity contribution is -0.137. The van der Waals surface area contributed by atoms with Gasteiger partial charge in [0.15, 0.2) is 0 Å². The number of carbonyl (C=O) groups is 1. The van der Waals surface area contributed by atoms with Crippen LogP contribution in [-0.2, 0) is 11.2 Å². The molecule has 0 aliphatic heterocycles. The zero-order valence-electron chi connectivity index (χ0n) is 10.5. The van der Waals surface area contributed by atoms with Crippen molar-refractivity contribution in [2.24, 2.45) is 0 Å². The molecule has 1 aromatic carbocycles. The minimum Gasteiger partial charge on any atom is -0.481 e. The second-order valence-electron chi connectivity index (χ2n) is 4.42. The Balaban J connectivity index is 2.26. The largest absolute Gasteiger partial charge is 0.481 e. The molecule has 2 aromatic rings. The van der Waals surface area contributed by atoms with Gasteiger partial charge < -0.3 is 10.1 Å². The number of carboxylic acid groups (broad SMARTS) is 1. The first-order valence-corrected chi connectivity index (χ1v) is 5.90. The molecule has 94 valence electrons. The lowest BCUT2D eigenvalue weighted by atomic mass is 10.1. The average Bonchev–Trinajstić information content (AvgIpc) is 2.68. The van der Waals surface area contributed by atoms with Crippen molar-refractivity contribution in [2.75, 3.05) is 0 Å². The highest BCUT2D eigenvalue weighted by atomic mass is 16.4. The predicted molar refractivity (Wildman–Crippen MR) is 69.5 cm³/mol. The molecule has 0 spiro atoms. The second-order valence-corrected chi connectivity index (χ2v) is 4.42. The highest BCUT2D eigenvalue weighted by Gasteiger charge is 2.10. The molecule has 4 heteroatoms. The predicted octanol–water partition coefficient (Wildman–Crippen LogP) is 2.71. The van der Waals surface area contributed by atoms with Gasteiger partial charge in [0.2, 0.25) is 0 Å². The first kappa shape index (κ1) is 12.4. The number of aliphatic carboxylic acids is 1. The van der Waals surface area contributed by atoms with E-state index in [0.717, 1.165) is 22.8 Å². The van der Waals surface area contributed by atoms with Crippen molar-refractivity contribution in [3.05, 3.63) is 41.3 Å². The molecule has 4 nitrogen and oxygen atoms in total. The summed E-state index contributed by atoms with van der Waals surface area (Å²) >= 11 is 0. The molecule has 0 amide bonds. The van der Waals surface area contributed by atoms with E-state index in [1.807, 2.05) is 32.0 Å². The van der Waals surface area contributed by atoms with Crippen LogP contribution in [0.2, 0.25) is 0 Å². The van der Waals surface area contributed by atoms with Crippen LogP contribution in [0.5, 0.6) is 0 Å². The lowest BCUT2D eigenvalue weighted by Gasteiger charge is -1.99. The van der Waals surface area contributed by atoms with Crippen LogP contribution >= 0.6 is 0 Å². The van der Waals surface area contributed by atoms with Gasteiger partial charge in [-0.15, -0.1) is 0 Å². The molecule has 0 bridgehead atoms. The van der Waals surface area contributed by atoms with Crippen LogP contribution in [0, 0.1) is 13.8 Å². The molecule has 0 radical (unpaired) electrons. The monoisotopic (exact) mass is 244 g/mol. The zero-order valence-corrected chi connectivity index (χ0v) is 10.5. The fraction of sp³-hybridized carbons (Fsp3) is 0.286. The van der Waals surface area contributed by atoms with E-state index >= 15 is 0 Å². The minimum atomic E-state index is -0.804. The van der Waals surface area contributed by atoms with Crippen molar-refractivity contribution in [1.29, 1.82) is 0 Å². The van der Waals surface area contributed by atoms with E-state index in [2.05, 4.69) is 16.0 Å². The fourth-order valence-electron chi connectivity index (χ4n) is 1.94. The van der Waals surface area contributed by atoms with Crippen LogP contribution < -0.4 is 0 Å². The Hall–Kier alpha value is -2.10. The molecule has 18 heavy (non-hydrogen) atoms. The molecule has 0 fully saturated rings. The van der Waals surface area contributed by atoms with E-state index in [4.69, 9.17) is 5.11 Å². The summed E-state index contributed by atoms with van der Waals surface area (Å²) in [6.07, 6.45) is 0.530. The van der Waals surface area contributed by atoms with Gasteiger partial charge in [0.25, 0.3) is 0 Å². The minimum absolute atomic E-state index is 0.0974. The molecule has 0 atom stereocenters. The van der Waals surface area contributed by atoms with Gasteiger partial charge in [-0.3, -0.25) is 4.79 Å². The molecule has 1 heterocycles. The number of nitrogens with zero attached hydrogens (tertiary/aromatic N) is 1. The van der Waals surface area contributed by atoms with Gasteiger partial charge in [0.1, 0.15) is 5.82 Å². The first-order chi connectivity index (χ1) is 8.56. The lowest BCUT2D eigenvalue weighted by Crippen LogP contribution is -1.98. The summed E-state index contributed by atoms with van der Waals surface area (Å²) in [6, 6.07) is 8.12. The molecule has 0 saturated carbocycles. The Morgan fingerprint density at radius 1 is 1.39 bits per heavy atom. The van der Waals surface area contributed by atoms with Gasteiger partial charge in [0.05, 0.1) is 12.1 Å². The van der Waals surface area contributed by atoms with Gasteiger partial charge in [-0.25, -0.2) is 4.98 Å². The Morgan fingerprint density at radius 2 is 2.17 bits per heavy atom. The summed E-state index contributed by atoms with van der Waals surface area (Å²) in [7, 11) is 0. The Bertz CT molecular complexity index is 573. The second kappa shape index (κ2) is 5.04. The smallest absolute Gasteiger partial charge is 0.303 e. The van der Waals surface area contributed by atoms with Crippen LogP contribution in [-0.4, -0.2) is 21.0 Å². The zero-order chi connectivity index (χ0) is 13.1. The van der Waals surface area contributed by atoms with E-state index in [0.29, 0.717) is 6.42 Å². The van der Waals surface area contributed by atoms with E-state index in [1.165, 1.54) is 5.56 Å². The fourth-order valence-corrected chi connectivity index (χ4v) is 1.94. The summed E-state index contributed by atoms with van der Waals surface area (Å²) in [4.78, 5) is 18.2. The number of benzene rings is 1. The van der Waals surface area contributed by atoms with Crippen LogP contribution in [0.15, 0.2) is 24.3 Å². The number of rotatable bonds is 4. The summed E-state index contributed by atoms with van der Waals surface area (Å²) in [5.41, 5.74) is 4.12. The molecular weight excluding hydrogens is 228 g/mol. The van der Waals surface area contributed by atoms with Gasteiger partial charge in [-0.1, -0.05) is 23.8 Å². The third-order valence-electron chi connectivity index (χ3n) is 2.80. The summed E-state index contributed by atoms with van der Waals surface area (Å²) in [5, 5.41) is 8.66. The highest BCUT2D eigenvalue weighted by Crippen LogP contribution is 2.22. The molecular formula is C14H16N2O2. The number of hydrogen-bond donors (Lipinski definition) is 2. The van der Waals surface area contributed by atoms with E-state index in [9.17, 15) is 4.79 Å². The van der Waals surface area contributed by atoms with Gasteiger partial charge >= 0.3 is 5.97 Å². The molecule has 0 saturated heterocycles. The molecule has 1 aromatic heterocycles. The van der Waals surface area contributed by atoms with Crippen molar-refractivity contribution >= 4 is 5.97 Å². The number of nitrogens with one attached hydrogen (secondary N) is 1. The Morgan fingerprint density at radius 3 is 2.83 bits per heavy atom. The normalized spacial score (nSPS) is 10.6. The number of hydrogen-bond acceptors (Lipinski definition) is 2. The average molecular weight is 244 g/mol. The van der Waals surface area contributed by atoms with Gasteiger partial charge in [0, 0.05) is 17.7 Å². The highest BCUT2D eigenvalue weighted by molar-refractivity contribution is 5.67. The number of carboxylic acids is 1. The van der Waals surface area contributed by atoms with Crippen molar-refractivity contribution in [1.82, 2.24) is 9.97 Å². The van der Waals surface area contributed by atoms with Crippen molar-refractivity contribution in [2.45, 2.75) is 26.7 Å². The van der Waals surface area contributed by atoms with Crippen LogP contribution in [0.1, 0.15) is 23.5 Å². The van der Waals surface area contributed by atoms with Crippen molar-refractivity contribution in [3.8, 4) is 11.3 Å². The molecule has 0 aliphatic carbocycles. The maximum absolute atomic E-state index is 10.5. The topological polar surface area (TPSA) is 66.0 Å². The van der Waals surface area contributed by atoms with E-state index in [1.54, 1.807) is 0 Å². The van der Waals surface area contributed by atoms with Crippen LogP contribution in [0.3, 0.4) is 0 Å². The first-order valence-electron chi connectivity index (χ1n) is 5.90. The van der Waals surface area contributed by atoms with Gasteiger partial charge in [-0.05, 0) is 19.9 Å². The Kier molecular flexibility index (Phi) is 3.46. The third-order valence-corrected chi connectivity index (χ3v) is 2.80. The standard InChI is InChI=1S/C14H16N2O2/c1-9-4-3-5-11(8-9)14-10(2)15-12(16-14)6-7-13(17)18/h3-5,8H,6-7H2,1-2H3,(H,15,16)(H,17,18). The SMILES string of the molecule is Cc1cccc(-c2nc(CCC(=O)O)[nH]c2C)c1.